The van der Waals surface area contributed by atoms with Crippen molar-refractivity contribution >= 4 is 11.9 Å². The highest BCUT2D eigenvalue weighted by atomic mass is 16.4. The lowest BCUT2D eigenvalue weighted by Gasteiger charge is -2.43. The summed E-state index contributed by atoms with van der Waals surface area (Å²) in [5.41, 5.74) is -0.658. The van der Waals surface area contributed by atoms with Crippen molar-refractivity contribution in [2.45, 2.75) is 32.9 Å². The van der Waals surface area contributed by atoms with Crippen LogP contribution in [0.1, 0.15) is 26.7 Å². The maximum absolute atomic E-state index is 12.2. The van der Waals surface area contributed by atoms with Gasteiger partial charge in [0.25, 0.3) is 0 Å². The van der Waals surface area contributed by atoms with Crippen molar-refractivity contribution in [1.82, 2.24) is 20.4 Å². The molecule has 0 atom stereocenters. The predicted molar refractivity (Wildman–Crippen MR) is 70.7 cm³/mol. The molecule has 2 rings (SSSR count). The number of hydrogen-bond acceptors (Lipinski definition) is 6. The van der Waals surface area contributed by atoms with E-state index in [9.17, 15) is 4.79 Å². The Morgan fingerprint density at radius 2 is 2.11 bits per heavy atom. The van der Waals surface area contributed by atoms with Crippen molar-refractivity contribution in [3.05, 3.63) is 5.89 Å². The molecule has 1 fully saturated rings. The number of likely N-dealkylation sites (N-methyl/N-ethyl adjacent to an activating group) is 1. The Morgan fingerprint density at radius 3 is 2.79 bits per heavy atom. The third kappa shape index (κ3) is 2.56. The number of carbonyl (C=O) groups is 1. The topological polar surface area (TPSA) is 74.5 Å². The van der Waals surface area contributed by atoms with Gasteiger partial charge in [-0.3, -0.25) is 4.79 Å². The third-order valence-corrected chi connectivity index (χ3v) is 3.42. The normalized spacial score (nSPS) is 19.1. The zero-order valence-corrected chi connectivity index (χ0v) is 11.9. The molecule has 1 aliphatic rings. The fourth-order valence-electron chi connectivity index (χ4n) is 2.21. The summed E-state index contributed by atoms with van der Waals surface area (Å²) in [5.74, 6) is 0.601. The lowest BCUT2D eigenvalue weighted by atomic mass is 9.98. The van der Waals surface area contributed by atoms with Crippen LogP contribution in [-0.4, -0.2) is 53.2 Å². The number of nitrogens with zero attached hydrogens (tertiary/aromatic N) is 4. The van der Waals surface area contributed by atoms with Crippen molar-refractivity contribution in [3.8, 4) is 0 Å². The highest BCUT2D eigenvalue weighted by Crippen LogP contribution is 2.27. The molecule has 0 aliphatic carbocycles. The Kier molecular flexibility index (Phi) is 3.75. The summed E-state index contributed by atoms with van der Waals surface area (Å²) in [6.45, 7) is 8.50. The van der Waals surface area contributed by atoms with Crippen molar-refractivity contribution in [1.29, 1.82) is 0 Å². The number of hydrogen-bond donors (Lipinski definition) is 1. The largest absolute Gasteiger partial charge is 0.407 e. The number of amides is 1. The number of anilines is 1. The van der Waals surface area contributed by atoms with Crippen LogP contribution in [0, 0.1) is 0 Å². The van der Waals surface area contributed by atoms with Gasteiger partial charge in [0.1, 0.15) is 5.54 Å². The molecule has 7 nitrogen and oxygen atoms in total. The Labute approximate surface area is 113 Å². The monoisotopic (exact) mass is 267 g/mol. The van der Waals surface area contributed by atoms with Crippen LogP contribution < -0.4 is 10.2 Å². The lowest BCUT2D eigenvalue weighted by molar-refractivity contribution is -0.136. The molecule has 0 aromatic carbocycles. The van der Waals surface area contributed by atoms with Crippen LogP contribution in [0.25, 0.3) is 0 Å². The molecule has 106 valence electrons. The van der Waals surface area contributed by atoms with Gasteiger partial charge in [0.15, 0.2) is 0 Å². The summed E-state index contributed by atoms with van der Waals surface area (Å²) < 4.78 is 5.61. The molecule has 1 aromatic rings. The molecule has 1 aromatic heterocycles. The minimum Gasteiger partial charge on any atom is -0.407 e. The third-order valence-electron chi connectivity index (χ3n) is 3.42. The van der Waals surface area contributed by atoms with E-state index in [0.717, 1.165) is 6.54 Å². The van der Waals surface area contributed by atoms with Crippen LogP contribution in [0.15, 0.2) is 4.42 Å². The molecule has 2 heterocycles. The predicted octanol–water partition coefficient (Wildman–Crippen LogP) is 0.236. The lowest BCUT2D eigenvalue weighted by Crippen LogP contribution is -2.62. The average molecular weight is 267 g/mol. The number of carbonyl (C=O) groups excluding carboxylic acids is 1. The number of rotatable bonds is 4. The molecule has 1 N–H and O–H groups in total. The molecule has 0 spiro atoms. The first-order valence-electron chi connectivity index (χ1n) is 6.53. The first kappa shape index (κ1) is 13.8. The van der Waals surface area contributed by atoms with Gasteiger partial charge in [-0.1, -0.05) is 12.0 Å². The van der Waals surface area contributed by atoms with E-state index >= 15 is 0 Å². The molecule has 0 saturated carbocycles. The molecule has 0 bridgehead atoms. The Bertz CT molecular complexity index is 457. The quantitative estimate of drug-likeness (QED) is 0.842. The van der Waals surface area contributed by atoms with Crippen LogP contribution in [0.3, 0.4) is 0 Å². The second kappa shape index (κ2) is 5.16. The Morgan fingerprint density at radius 1 is 1.37 bits per heavy atom. The van der Waals surface area contributed by atoms with Crippen molar-refractivity contribution < 1.29 is 9.21 Å². The van der Waals surface area contributed by atoms with Gasteiger partial charge >= 0.3 is 6.01 Å². The van der Waals surface area contributed by atoms with E-state index in [2.05, 4.69) is 15.5 Å². The molecule has 0 radical (unpaired) electrons. The molecule has 1 aliphatic heterocycles. The van der Waals surface area contributed by atoms with Crippen LogP contribution in [0.5, 0.6) is 0 Å². The first-order chi connectivity index (χ1) is 8.96. The fraction of sp³-hybridized carbons (Fsp3) is 0.750. The van der Waals surface area contributed by atoms with E-state index in [1.165, 1.54) is 0 Å². The van der Waals surface area contributed by atoms with E-state index in [-0.39, 0.29) is 5.91 Å². The molecule has 1 amide bonds. The highest BCUT2D eigenvalue weighted by molar-refractivity contribution is 5.89. The Balaban J connectivity index is 2.16. The number of piperazine rings is 1. The SMILES string of the molecule is CCNCc1nnc(N2CCN(C)C(=O)C2(C)C)o1. The van der Waals surface area contributed by atoms with Crippen molar-refractivity contribution in [3.63, 3.8) is 0 Å². The summed E-state index contributed by atoms with van der Waals surface area (Å²) >= 11 is 0. The van der Waals surface area contributed by atoms with E-state index in [0.29, 0.717) is 31.5 Å². The minimum absolute atomic E-state index is 0.0604. The molecule has 19 heavy (non-hydrogen) atoms. The van der Waals surface area contributed by atoms with Crippen LogP contribution in [0.2, 0.25) is 0 Å². The van der Waals surface area contributed by atoms with Crippen LogP contribution in [0.4, 0.5) is 6.01 Å². The highest BCUT2D eigenvalue weighted by Gasteiger charge is 2.42. The van der Waals surface area contributed by atoms with E-state index in [1.54, 1.807) is 4.90 Å². The zero-order valence-electron chi connectivity index (χ0n) is 11.9. The summed E-state index contributed by atoms with van der Waals surface area (Å²) in [6.07, 6.45) is 0. The molecule has 1 saturated heterocycles. The summed E-state index contributed by atoms with van der Waals surface area (Å²) in [7, 11) is 1.81. The average Bonchev–Trinajstić information content (AvgIpc) is 2.82. The van der Waals surface area contributed by atoms with Gasteiger partial charge in [0.2, 0.25) is 11.8 Å². The fourth-order valence-corrected chi connectivity index (χ4v) is 2.21. The standard InChI is InChI=1S/C12H21N5O2/c1-5-13-8-9-14-15-11(19-9)17-7-6-16(4)10(18)12(17,2)3/h13H,5-8H2,1-4H3. The van der Waals surface area contributed by atoms with Gasteiger partial charge in [-0.05, 0) is 20.4 Å². The molecular formula is C12H21N5O2. The maximum atomic E-state index is 12.2. The minimum atomic E-state index is -0.658. The smallest absolute Gasteiger partial charge is 0.319 e. The van der Waals surface area contributed by atoms with Crippen molar-refractivity contribution in [2.24, 2.45) is 0 Å². The second-order valence-corrected chi connectivity index (χ2v) is 5.20. The summed E-state index contributed by atoms with van der Waals surface area (Å²) in [6, 6.07) is 0.416. The second-order valence-electron chi connectivity index (χ2n) is 5.20. The van der Waals surface area contributed by atoms with Gasteiger partial charge in [0.05, 0.1) is 6.54 Å². The molecule has 7 heteroatoms. The van der Waals surface area contributed by atoms with Gasteiger partial charge in [-0.15, -0.1) is 5.10 Å². The zero-order chi connectivity index (χ0) is 14.0. The van der Waals surface area contributed by atoms with E-state index in [1.807, 2.05) is 32.7 Å². The van der Waals surface area contributed by atoms with Crippen molar-refractivity contribution in [2.75, 3.05) is 31.6 Å². The van der Waals surface area contributed by atoms with Gasteiger partial charge in [-0.25, -0.2) is 0 Å². The van der Waals surface area contributed by atoms with Crippen LogP contribution >= 0.6 is 0 Å². The Hall–Kier alpha value is -1.63. The van der Waals surface area contributed by atoms with Gasteiger partial charge in [0, 0.05) is 20.1 Å². The van der Waals surface area contributed by atoms with E-state index < -0.39 is 5.54 Å². The van der Waals surface area contributed by atoms with Gasteiger partial charge < -0.3 is 19.5 Å². The van der Waals surface area contributed by atoms with E-state index in [4.69, 9.17) is 4.42 Å². The number of nitrogens with one attached hydrogen (secondary N) is 1. The summed E-state index contributed by atoms with van der Waals surface area (Å²) in [5, 5.41) is 11.2. The molecular weight excluding hydrogens is 246 g/mol. The molecule has 0 unspecified atom stereocenters. The number of aromatic nitrogens is 2. The van der Waals surface area contributed by atoms with Crippen LogP contribution in [-0.2, 0) is 11.3 Å². The maximum Gasteiger partial charge on any atom is 0.319 e. The van der Waals surface area contributed by atoms with Gasteiger partial charge in [-0.2, -0.15) is 0 Å². The first-order valence-corrected chi connectivity index (χ1v) is 6.53. The summed E-state index contributed by atoms with van der Waals surface area (Å²) in [4.78, 5) is 15.8.